The zero-order chi connectivity index (χ0) is 12.7. The van der Waals surface area contributed by atoms with E-state index in [-0.39, 0.29) is 0 Å². The van der Waals surface area contributed by atoms with Crippen molar-refractivity contribution in [2.24, 2.45) is 0 Å². The van der Waals surface area contributed by atoms with Crippen LogP contribution in [-0.2, 0) is 8.85 Å². The fourth-order valence-corrected chi connectivity index (χ4v) is 3.27. The van der Waals surface area contributed by atoms with Crippen LogP contribution in [0.1, 0.15) is 26.7 Å². The minimum atomic E-state index is -2.08. The Kier molecular flexibility index (Phi) is 6.32. The van der Waals surface area contributed by atoms with Gasteiger partial charge in [0.2, 0.25) is 0 Å². The predicted octanol–water partition coefficient (Wildman–Crippen LogP) is 2.25. The Labute approximate surface area is 102 Å². The lowest BCUT2D eigenvalue weighted by Crippen LogP contribution is -2.37. The highest BCUT2D eigenvalue weighted by Crippen LogP contribution is 2.04. The van der Waals surface area contributed by atoms with Gasteiger partial charge in [0.15, 0.2) is 11.6 Å². The molecule has 0 atom stereocenters. The Hall–Kier alpha value is -0.783. The van der Waals surface area contributed by atoms with E-state index in [1.54, 1.807) is 6.07 Å². The Morgan fingerprint density at radius 1 is 1.00 bits per heavy atom. The second-order valence-corrected chi connectivity index (χ2v) is 5.74. The SMILES string of the molecule is CCCO[SiH](OCCC)c1ccc(F)c(F)c1. The largest absolute Gasteiger partial charge is 0.393 e. The lowest BCUT2D eigenvalue weighted by Gasteiger charge is -2.16. The summed E-state index contributed by atoms with van der Waals surface area (Å²) in [6.07, 6.45) is 1.76. The first kappa shape index (κ1) is 14.3. The van der Waals surface area contributed by atoms with E-state index in [2.05, 4.69) is 0 Å². The van der Waals surface area contributed by atoms with Gasteiger partial charge in [-0.15, -0.1) is 0 Å². The molecule has 1 rings (SSSR count). The van der Waals surface area contributed by atoms with Crippen molar-refractivity contribution < 1.29 is 17.6 Å². The third-order valence-corrected chi connectivity index (χ3v) is 4.14. The minimum absolute atomic E-state index is 0.583. The topological polar surface area (TPSA) is 18.5 Å². The van der Waals surface area contributed by atoms with Crippen molar-refractivity contribution in [2.45, 2.75) is 26.7 Å². The summed E-state index contributed by atoms with van der Waals surface area (Å²) in [4.78, 5) is 0. The normalized spacial score (nSPS) is 11.1. The summed E-state index contributed by atoms with van der Waals surface area (Å²) in [6.45, 7) is 5.16. The molecule has 0 saturated heterocycles. The molecule has 0 fully saturated rings. The van der Waals surface area contributed by atoms with E-state index < -0.39 is 20.9 Å². The third-order valence-electron chi connectivity index (χ3n) is 2.16. The number of halogens is 2. The fraction of sp³-hybridized carbons (Fsp3) is 0.500. The molecule has 2 nitrogen and oxygen atoms in total. The number of rotatable bonds is 7. The van der Waals surface area contributed by atoms with Crippen molar-refractivity contribution in [1.29, 1.82) is 0 Å². The fourth-order valence-electron chi connectivity index (χ4n) is 1.35. The maximum Gasteiger partial charge on any atom is 0.355 e. The molecule has 1 aromatic carbocycles. The Morgan fingerprint density at radius 2 is 1.59 bits per heavy atom. The summed E-state index contributed by atoms with van der Waals surface area (Å²) in [5.41, 5.74) is 0. The van der Waals surface area contributed by atoms with E-state index in [0.29, 0.717) is 18.4 Å². The smallest absolute Gasteiger partial charge is 0.355 e. The van der Waals surface area contributed by atoms with Gasteiger partial charge in [-0.2, -0.15) is 0 Å². The highest BCUT2D eigenvalue weighted by atomic mass is 28.3. The van der Waals surface area contributed by atoms with Crippen molar-refractivity contribution in [1.82, 2.24) is 0 Å². The molecule has 0 radical (unpaired) electrons. The van der Waals surface area contributed by atoms with E-state index in [4.69, 9.17) is 8.85 Å². The van der Waals surface area contributed by atoms with E-state index in [1.807, 2.05) is 13.8 Å². The van der Waals surface area contributed by atoms with Gasteiger partial charge >= 0.3 is 9.28 Å². The minimum Gasteiger partial charge on any atom is -0.393 e. The standard InChI is InChI=1S/C12H18F2O2Si/c1-3-7-15-17(16-8-4-2)10-5-6-11(13)12(14)9-10/h5-6,9,17H,3-4,7-8H2,1-2H3. The van der Waals surface area contributed by atoms with Crippen LogP contribution in [0.25, 0.3) is 0 Å². The first-order valence-corrected chi connectivity index (χ1v) is 7.39. The van der Waals surface area contributed by atoms with Crippen LogP contribution in [0.5, 0.6) is 0 Å². The number of hydrogen-bond acceptors (Lipinski definition) is 2. The van der Waals surface area contributed by atoms with Gasteiger partial charge < -0.3 is 8.85 Å². The van der Waals surface area contributed by atoms with Crippen LogP contribution in [-0.4, -0.2) is 22.5 Å². The molecule has 0 unspecified atom stereocenters. The molecule has 17 heavy (non-hydrogen) atoms. The molecular weight excluding hydrogens is 242 g/mol. The Morgan fingerprint density at radius 3 is 2.06 bits per heavy atom. The van der Waals surface area contributed by atoms with Crippen molar-refractivity contribution in [3.05, 3.63) is 29.8 Å². The molecule has 0 spiro atoms. The molecule has 0 aliphatic rings. The first-order chi connectivity index (χ1) is 8.19. The lowest BCUT2D eigenvalue weighted by atomic mass is 10.3. The molecule has 0 aliphatic carbocycles. The Balaban J connectivity index is 2.75. The molecule has 96 valence electrons. The van der Waals surface area contributed by atoms with Gasteiger partial charge in [0.1, 0.15) is 0 Å². The summed E-state index contributed by atoms with van der Waals surface area (Å²) in [6, 6.07) is 3.84. The zero-order valence-electron chi connectivity index (χ0n) is 10.2. The van der Waals surface area contributed by atoms with Crippen LogP contribution >= 0.6 is 0 Å². The molecule has 0 N–H and O–H groups in total. The van der Waals surface area contributed by atoms with E-state index in [0.717, 1.165) is 18.9 Å². The molecule has 0 saturated carbocycles. The molecule has 1 aromatic rings. The van der Waals surface area contributed by atoms with E-state index in [1.165, 1.54) is 6.07 Å². The van der Waals surface area contributed by atoms with Crippen molar-refractivity contribution in [2.75, 3.05) is 13.2 Å². The summed E-state index contributed by atoms with van der Waals surface area (Å²) in [5.74, 6) is -1.69. The van der Waals surface area contributed by atoms with Crippen molar-refractivity contribution >= 4 is 14.5 Å². The third kappa shape index (κ3) is 4.53. The van der Waals surface area contributed by atoms with E-state index >= 15 is 0 Å². The van der Waals surface area contributed by atoms with Crippen molar-refractivity contribution in [3.8, 4) is 0 Å². The second-order valence-electron chi connectivity index (χ2n) is 3.75. The number of hydrogen-bond donors (Lipinski definition) is 0. The summed E-state index contributed by atoms with van der Waals surface area (Å²) < 4.78 is 37.1. The molecular formula is C12H18F2O2Si. The Bertz CT molecular complexity index is 339. The summed E-state index contributed by atoms with van der Waals surface area (Å²) in [7, 11) is -2.08. The molecule has 0 aliphatic heterocycles. The summed E-state index contributed by atoms with van der Waals surface area (Å²) >= 11 is 0. The average molecular weight is 260 g/mol. The first-order valence-electron chi connectivity index (χ1n) is 5.87. The average Bonchev–Trinajstić information content (AvgIpc) is 2.33. The second kappa shape index (κ2) is 7.52. The van der Waals surface area contributed by atoms with Crippen LogP contribution in [0.4, 0.5) is 8.78 Å². The quantitative estimate of drug-likeness (QED) is 0.700. The van der Waals surface area contributed by atoms with E-state index in [9.17, 15) is 8.78 Å². The number of benzene rings is 1. The van der Waals surface area contributed by atoms with Gasteiger partial charge in [-0.25, -0.2) is 8.78 Å². The molecule has 0 bridgehead atoms. The maximum atomic E-state index is 13.1. The maximum absolute atomic E-state index is 13.1. The monoisotopic (exact) mass is 260 g/mol. The van der Waals surface area contributed by atoms with Crippen LogP contribution < -0.4 is 5.19 Å². The molecule has 5 heteroatoms. The van der Waals surface area contributed by atoms with Gasteiger partial charge in [0.25, 0.3) is 0 Å². The highest BCUT2D eigenvalue weighted by Gasteiger charge is 2.18. The molecule has 0 amide bonds. The van der Waals surface area contributed by atoms with Crippen LogP contribution in [0.2, 0.25) is 0 Å². The van der Waals surface area contributed by atoms with Crippen LogP contribution in [0, 0.1) is 11.6 Å². The van der Waals surface area contributed by atoms with Crippen LogP contribution in [0.15, 0.2) is 18.2 Å². The van der Waals surface area contributed by atoms with Gasteiger partial charge in [-0.05, 0) is 30.2 Å². The molecule has 0 aromatic heterocycles. The molecule has 0 heterocycles. The van der Waals surface area contributed by atoms with Gasteiger partial charge in [-0.1, -0.05) is 19.9 Å². The van der Waals surface area contributed by atoms with Gasteiger partial charge in [0, 0.05) is 13.2 Å². The summed E-state index contributed by atoms with van der Waals surface area (Å²) in [5, 5.41) is 0.644. The lowest BCUT2D eigenvalue weighted by molar-refractivity contribution is 0.207. The van der Waals surface area contributed by atoms with Crippen molar-refractivity contribution in [3.63, 3.8) is 0 Å². The van der Waals surface area contributed by atoms with Crippen LogP contribution in [0.3, 0.4) is 0 Å². The predicted molar refractivity (Wildman–Crippen MR) is 65.6 cm³/mol. The highest BCUT2D eigenvalue weighted by molar-refractivity contribution is 6.61. The van der Waals surface area contributed by atoms with Gasteiger partial charge in [-0.3, -0.25) is 0 Å². The van der Waals surface area contributed by atoms with Gasteiger partial charge in [0.05, 0.1) is 0 Å². The zero-order valence-corrected chi connectivity index (χ0v) is 11.4.